The second-order valence-corrected chi connectivity index (χ2v) is 3.93. The van der Waals surface area contributed by atoms with Gasteiger partial charge in [0.25, 0.3) is 0 Å². The maximum Gasteiger partial charge on any atom is 0.116 e. The van der Waals surface area contributed by atoms with Crippen LogP contribution in [0.1, 0.15) is 5.69 Å². The summed E-state index contributed by atoms with van der Waals surface area (Å²) in [5.41, 5.74) is 8.31. The van der Waals surface area contributed by atoms with Crippen LogP contribution in [0.2, 0.25) is 0 Å². The number of benzene rings is 1. The molecule has 3 nitrogen and oxygen atoms in total. The van der Waals surface area contributed by atoms with Crippen molar-refractivity contribution >= 4 is 15.9 Å². The summed E-state index contributed by atoms with van der Waals surface area (Å²) in [5.74, 6) is 0. The van der Waals surface area contributed by atoms with Crippen molar-refractivity contribution in [2.75, 3.05) is 0 Å². The fourth-order valence-corrected chi connectivity index (χ4v) is 1.81. The summed E-state index contributed by atoms with van der Waals surface area (Å²) < 4.78 is 1.02. The molecular formula is C11H10BrN3. The quantitative estimate of drug-likeness (QED) is 0.905. The van der Waals surface area contributed by atoms with Gasteiger partial charge in [-0.15, -0.1) is 0 Å². The molecule has 0 aliphatic heterocycles. The van der Waals surface area contributed by atoms with Crippen LogP contribution < -0.4 is 5.73 Å². The highest BCUT2D eigenvalue weighted by Crippen LogP contribution is 2.25. The van der Waals surface area contributed by atoms with Crippen LogP contribution in [0, 0.1) is 0 Å². The Morgan fingerprint density at radius 3 is 2.73 bits per heavy atom. The maximum atomic E-state index is 5.53. The van der Waals surface area contributed by atoms with Gasteiger partial charge in [0.2, 0.25) is 0 Å². The standard InChI is InChI=1S/C11H10BrN3/c12-10-4-2-1-3-9(10)11-5-8(6-13)14-7-15-11/h1-5,7H,6,13H2. The van der Waals surface area contributed by atoms with Crippen LogP contribution in [0.3, 0.4) is 0 Å². The van der Waals surface area contributed by atoms with Crippen LogP contribution in [0.15, 0.2) is 41.1 Å². The number of nitrogens with zero attached hydrogens (tertiary/aromatic N) is 2. The fourth-order valence-electron chi connectivity index (χ4n) is 1.33. The van der Waals surface area contributed by atoms with E-state index in [0.29, 0.717) is 6.54 Å². The third-order valence-electron chi connectivity index (χ3n) is 2.08. The smallest absolute Gasteiger partial charge is 0.116 e. The molecule has 0 radical (unpaired) electrons. The zero-order chi connectivity index (χ0) is 10.7. The van der Waals surface area contributed by atoms with E-state index in [1.165, 1.54) is 6.33 Å². The molecule has 0 fully saturated rings. The Labute approximate surface area is 96.5 Å². The zero-order valence-corrected chi connectivity index (χ0v) is 9.61. The average Bonchev–Trinajstić information content (AvgIpc) is 2.30. The molecule has 0 bridgehead atoms. The lowest BCUT2D eigenvalue weighted by atomic mass is 10.1. The monoisotopic (exact) mass is 263 g/mol. The molecule has 2 rings (SSSR count). The van der Waals surface area contributed by atoms with Gasteiger partial charge in [-0.1, -0.05) is 34.1 Å². The third kappa shape index (κ3) is 2.22. The van der Waals surface area contributed by atoms with Crippen molar-refractivity contribution in [1.29, 1.82) is 0 Å². The van der Waals surface area contributed by atoms with Gasteiger partial charge in [-0.05, 0) is 12.1 Å². The first-order chi connectivity index (χ1) is 7.31. The predicted octanol–water partition coefficient (Wildman–Crippen LogP) is 2.36. The van der Waals surface area contributed by atoms with E-state index in [4.69, 9.17) is 5.73 Å². The number of nitrogens with two attached hydrogens (primary N) is 1. The van der Waals surface area contributed by atoms with E-state index in [0.717, 1.165) is 21.4 Å². The molecule has 0 atom stereocenters. The Morgan fingerprint density at radius 2 is 2.00 bits per heavy atom. The molecule has 1 aromatic heterocycles. The van der Waals surface area contributed by atoms with Gasteiger partial charge in [0.05, 0.1) is 11.4 Å². The van der Waals surface area contributed by atoms with Crippen LogP contribution in [-0.4, -0.2) is 9.97 Å². The van der Waals surface area contributed by atoms with Gasteiger partial charge in [0.1, 0.15) is 6.33 Å². The molecule has 0 aliphatic rings. The highest BCUT2D eigenvalue weighted by atomic mass is 79.9. The van der Waals surface area contributed by atoms with Crippen LogP contribution in [0.4, 0.5) is 0 Å². The third-order valence-corrected chi connectivity index (χ3v) is 2.77. The highest BCUT2D eigenvalue weighted by molar-refractivity contribution is 9.10. The summed E-state index contributed by atoms with van der Waals surface area (Å²) in [6, 6.07) is 9.84. The maximum absolute atomic E-state index is 5.53. The Hall–Kier alpha value is -1.26. The van der Waals surface area contributed by atoms with Gasteiger partial charge in [0.15, 0.2) is 0 Å². The zero-order valence-electron chi connectivity index (χ0n) is 8.02. The van der Waals surface area contributed by atoms with E-state index in [1.807, 2.05) is 30.3 Å². The Bertz CT molecular complexity index is 471. The van der Waals surface area contributed by atoms with Crippen molar-refractivity contribution in [1.82, 2.24) is 9.97 Å². The summed E-state index contributed by atoms with van der Waals surface area (Å²) >= 11 is 3.49. The van der Waals surface area contributed by atoms with E-state index in [1.54, 1.807) is 0 Å². The average molecular weight is 264 g/mol. The van der Waals surface area contributed by atoms with Crippen LogP contribution in [0.25, 0.3) is 11.3 Å². The highest BCUT2D eigenvalue weighted by Gasteiger charge is 2.04. The molecule has 2 N–H and O–H groups in total. The minimum absolute atomic E-state index is 0.431. The van der Waals surface area contributed by atoms with Crippen molar-refractivity contribution in [2.45, 2.75) is 6.54 Å². The molecule has 0 spiro atoms. The van der Waals surface area contributed by atoms with Gasteiger partial charge >= 0.3 is 0 Å². The Morgan fingerprint density at radius 1 is 1.20 bits per heavy atom. The van der Waals surface area contributed by atoms with Crippen LogP contribution in [0.5, 0.6) is 0 Å². The Balaban J connectivity index is 2.49. The number of aromatic nitrogens is 2. The topological polar surface area (TPSA) is 51.8 Å². The minimum Gasteiger partial charge on any atom is -0.325 e. The van der Waals surface area contributed by atoms with E-state index in [9.17, 15) is 0 Å². The molecule has 1 aromatic carbocycles. The lowest BCUT2D eigenvalue weighted by Crippen LogP contribution is -2.00. The van der Waals surface area contributed by atoms with Crippen molar-refractivity contribution in [2.24, 2.45) is 5.73 Å². The molecule has 15 heavy (non-hydrogen) atoms. The van der Waals surface area contributed by atoms with E-state index >= 15 is 0 Å². The summed E-state index contributed by atoms with van der Waals surface area (Å²) in [7, 11) is 0. The molecule has 0 aliphatic carbocycles. The van der Waals surface area contributed by atoms with Crippen molar-refractivity contribution < 1.29 is 0 Å². The van der Waals surface area contributed by atoms with Crippen LogP contribution >= 0.6 is 15.9 Å². The number of hydrogen-bond acceptors (Lipinski definition) is 3. The Kier molecular flexibility index (Phi) is 3.08. The molecule has 1 heterocycles. The van der Waals surface area contributed by atoms with Gasteiger partial charge in [-0.25, -0.2) is 9.97 Å². The van der Waals surface area contributed by atoms with Crippen molar-refractivity contribution in [3.63, 3.8) is 0 Å². The molecule has 0 amide bonds. The largest absolute Gasteiger partial charge is 0.325 e. The van der Waals surface area contributed by atoms with Crippen LogP contribution in [-0.2, 0) is 6.54 Å². The first kappa shape index (κ1) is 10.3. The molecule has 0 unspecified atom stereocenters. The fraction of sp³-hybridized carbons (Fsp3) is 0.0909. The lowest BCUT2D eigenvalue weighted by molar-refractivity contribution is 0.966. The summed E-state index contributed by atoms with van der Waals surface area (Å²) in [4.78, 5) is 8.28. The van der Waals surface area contributed by atoms with Crippen molar-refractivity contribution in [3.8, 4) is 11.3 Å². The molecule has 4 heteroatoms. The lowest BCUT2D eigenvalue weighted by Gasteiger charge is -2.04. The first-order valence-electron chi connectivity index (χ1n) is 4.57. The van der Waals surface area contributed by atoms with Gasteiger partial charge in [0, 0.05) is 16.6 Å². The molecular weight excluding hydrogens is 254 g/mol. The molecule has 0 saturated carbocycles. The van der Waals surface area contributed by atoms with Gasteiger partial charge < -0.3 is 5.73 Å². The predicted molar refractivity (Wildman–Crippen MR) is 63.1 cm³/mol. The SMILES string of the molecule is NCc1cc(-c2ccccc2Br)ncn1. The summed E-state index contributed by atoms with van der Waals surface area (Å²) in [6.45, 7) is 0.431. The van der Waals surface area contributed by atoms with Crippen molar-refractivity contribution in [3.05, 3.63) is 46.8 Å². The van der Waals surface area contributed by atoms with Gasteiger partial charge in [-0.3, -0.25) is 0 Å². The van der Waals surface area contributed by atoms with E-state index in [-0.39, 0.29) is 0 Å². The normalized spacial score (nSPS) is 10.3. The first-order valence-corrected chi connectivity index (χ1v) is 5.36. The summed E-state index contributed by atoms with van der Waals surface area (Å²) in [5, 5.41) is 0. The number of hydrogen-bond donors (Lipinski definition) is 1. The molecule has 76 valence electrons. The van der Waals surface area contributed by atoms with Gasteiger partial charge in [-0.2, -0.15) is 0 Å². The second kappa shape index (κ2) is 4.51. The van der Waals surface area contributed by atoms with E-state index < -0.39 is 0 Å². The number of halogens is 1. The molecule has 0 saturated heterocycles. The number of rotatable bonds is 2. The summed E-state index contributed by atoms with van der Waals surface area (Å²) in [6.07, 6.45) is 1.54. The minimum atomic E-state index is 0.431. The molecule has 2 aromatic rings. The second-order valence-electron chi connectivity index (χ2n) is 3.08. The van der Waals surface area contributed by atoms with E-state index in [2.05, 4.69) is 25.9 Å².